The lowest BCUT2D eigenvalue weighted by atomic mass is 9.99. The van der Waals surface area contributed by atoms with Gasteiger partial charge in [0.15, 0.2) is 5.76 Å². The predicted molar refractivity (Wildman–Crippen MR) is 120 cm³/mol. The average Bonchev–Trinajstić information content (AvgIpc) is 3.21. The van der Waals surface area contributed by atoms with Gasteiger partial charge in [-0.2, -0.15) is 0 Å². The monoisotopic (exact) mass is 404 g/mol. The Bertz CT molecular complexity index is 1160. The summed E-state index contributed by atoms with van der Waals surface area (Å²) in [6, 6.07) is 9.75. The van der Waals surface area contributed by atoms with Crippen LogP contribution in [0.15, 0.2) is 42.3 Å². The lowest BCUT2D eigenvalue weighted by molar-refractivity contribution is 0.101. The number of aromatic nitrogens is 1. The number of phenolic OH excluding ortho intramolecular Hbond substituents is 1. The highest BCUT2D eigenvalue weighted by Crippen LogP contribution is 2.42. The fourth-order valence-electron chi connectivity index (χ4n) is 4.14. The molecule has 0 fully saturated rings. The number of hydrogen-bond acceptors (Lipinski definition) is 4. The van der Waals surface area contributed by atoms with Crippen LogP contribution in [0.4, 0.5) is 0 Å². The quantitative estimate of drug-likeness (QED) is 0.585. The number of allylic oxidation sites excluding steroid dienone is 1. The number of aryl methyl sites for hydroxylation is 2. The van der Waals surface area contributed by atoms with Crippen LogP contribution in [0.1, 0.15) is 46.8 Å². The molecule has 0 saturated heterocycles. The standard InChI is InChI=1S/C25H28N2O3/c1-5-6-11-26(3)15-19-21(28)12-16(2)23-24(29)22(30-25(19)23)13-17-14-27(4)20-10-8-7-9-18(17)20/h7-10,12-14,28H,5-6,11,15H2,1-4H3/b22-13-. The number of hydrogen-bond donors (Lipinski definition) is 1. The lowest BCUT2D eigenvalue weighted by Gasteiger charge is -2.19. The normalized spacial score (nSPS) is 14.7. The molecule has 0 aliphatic carbocycles. The summed E-state index contributed by atoms with van der Waals surface area (Å²) >= 11 is 0. The zero-order valence-corrected chi connectivity index (χ0v) is 18.0. The largest absolute Gasteiger partial charge is 0.507 e. The number of carbonyl (C=O) groups is 1. The van der Waals surface area contributed by atoms with Crippen LogP contribution in [0.2, 0.25) is 0 Å². The molecule has 5 heteroatoms. The van der Waals surface area contributed by atoms with Crippen LogP contribution < -0.4 is 4.74 Å². The maximum atomic E-state index is 13.2. The van der Waals surface area contributed by atoms with Crippen LogP contribution in [0.3, 0.4) is 0 Å². The Balaban J connectivity index is 1.74. The van der Waals surface area contributed by atoms with E-state index in [4.69, 9.17) is 4.74 Å². The number of benzene rings is 2. The molecular weight excluding hydrogens is 376 g/mol. The van der Waals surface area contributed by atoms with E-state index in [1.54, 1.807) is 6.07 Å². The SMILES string of the molecule is CCCCN(C)Cc1c(O)cc(C)c2c1O/C(=C\c1cn(C)c3ccccc13)C2=O. The molecule has 2 heterocycles. The molecule has 0 bridgehead atoms. The molecule has 0 radical (unpaired) electrons. The third kappa shape index (κ3) is 3.50. The van der Waals surface area contributed by atoms with Gasteiger partial charge in [0.1, 0.15) is 11.5 Å². The van der Waals surface area contributed by atoms with Crippen molar-refractivity contribution in [1.82, 2.24) is 9.47 Å². The number of nitrogens with zero attached hydrogens (tertiary/aromatic N) is 2. The molecule has 3 aromatic rings. The molecule has 2 aromatic carbocycles. The summed E-state index contributed by atoms with van der Waals surface area (Å²) in [6.07, 6.45) is 6.00. The molecule has 0 spiro atoms. The van der Waals surface area contributed by atoms with Crippen molar-refractivity contribution in [2.75, 3.05) is 13.6 Å². The molecule has 4 rings (SSSR count). The number of phenols is 1. The Morgan fingerprint density at radius 1 is 1.27 bits per heavy atom. The van der Waals surface area contributed by atoms with Gasteiger partial charge in [-0.3, -0.25) is 4.79 Å². The maximum absolute atomic E-state index is 13.2. The van der Waals surface area contributed by atoms with E-state index < -0.39 is 0 Å². The van der Waals surface area contributed by atoms with Crippen LogP contribution in [0.5, 0.6) is 11.5 Å². The second kappa shape index (κ2) is 8.00. The van der Waals surface area contributed by atoms with Crippen LogP contribution in [0, 0.1) is 6.92 Å². The first-order chi connectivity index (χ1) is 14.4. The molecule has 30 heavy (non-hydrogen) atoms. The van der Waals surface area contributed by atoms with Gasteiger partial charge in [0.25, 0.3) is 0 Å². The van der Waals surface area contributed by atoms with Gasteiger partial charge < -0.3 is 19.3 Å². The van der Waals surface area contributed by atoms with Crippen molar-refractivity contribution in [3.8, 4) is 11.5 Å². The molecule has 0 atom stereocenters. The van der Waals surface area contributed by atoms with Crippen molar-refractivity contribution < 1.29 is 14.6 Å². The van der Waals surface area contributed by atoms with Crippen LogP contribution >= 0.6 is 0 Å². The molecule has 5 nitrogen and oxygen atoms in total. The molecule has 156 valence electrons. The Morgan fingerprint density at radius 2 is 2.03 bits per heavy atom. The summed E-state index contributed by atoms with van der Waals surface area (Å²) in [5, 5.41) is 11.7. The van der Waals surface area contributed by atoms with Gasteiger partial charge in [0.05, 0.1) is 11.1 Å². The van der Waals surface area contributed by atoms with Gasteiger partial charge in [0.2, 0.25) is 5.78 Å². The highest BCUT2D eigenvalue weighted by Gasteiger charge is 2.33. The second-order valence-corrected chi connectivity index (χ2v) is 8.14. The van der Waals surface area contributed by atoms with Gasteiger partial charge in [-0.1, -0.05) is 31.5 Å². The van der Waals surface area contributed by atoms with E-state index in [0.29, 0.717) is 29.2 Å². The fourth-order valence-corrected chi connectivity index (χ4v) is 4.14. The van der Waals surface area contributed by atoms with E-state index in [1.165, 1.54) is 0 Å². The van der Waals surface area contributed by atoms with Crippen molar-refractivity contribution in [3.05, 3.63) is 64.5 Å². The van der Waals surface area contributed by atoms with Gasteiger partial charge in [-0.15, -0.1) is 0 Å². The first-order valence-corrected chi connectivity index (χ1v) is 10.4. The Labute approximate surface area is 177 Å². The van der Waals surface area contributed by atoms with Crippen molar-refractivity contribution >= 4 is 22.8 Å². The number of Topliss-reactive ketones (excluding diaryl/α,β-unsaturated/α-hetero) is 1. The first kappa shape index (κ1) is 20.2. The van der Waals surface area contributed by atoms with Crippen LogP contribution in [-0.4, -0.2) is 33.9 Å². The molecule has 1 N–H and O–H groups in total. The van der Waals surface area contributed by atoms with Crippen molar-refractivity contribution in [2.45, 2.75) is 33.2 Å². The van der Waals surface area contributed by atoms with E-state index in [0.717, 1.165) is 41.4 Å². The first-order valence-electron chi connectivity index (χ1n) is 10.4. The molecule has 1 aliphatic heterocycles. The zero-order valence-electron chi connectivity index (χ0n) is 18.0. The number of carbonyl (C=O) groups excluding carboxylic acids is 1. The summed E-state index contributed by atoms with van der Waals surface area (Å²) in [7, 11) is 4.01. The van der Waals surface area contributed by atoms with E-state index in [2.05, 4.69) is 17.9 Å². The van der Waals surface area contributed by atoms with E-state index in [-0.39, 0.29) is 11.5 Å². The Hall–Kier alpha value is -3.05. The van der Waals surface area contributed by atoms with Crippen LogP contribution in [-0.2, 0) is 13.6 Å². The molecule has 1 aliphatic rings. The van der Waals surface area contributed by atoms with Gasteiger partial charge in [-0.05, 0) is 50.7 Å². The highest BCUT2D eigenvalue weighted by molar-refractivity contribution is 6.16. The fraction of sp³-hybridized carbons (Fsp3) is 0.320. The highest BCUT2D eigenvalue weighted by atomic mass is 16.5. The van der Waals surface area contributed by atoms with E-state index in [1.807, 2.05) is 56.1 Å². The van der Waals surface area contributed by atoms with Crippen molar-refractivity contribution in [3.63, 3.8) is 0 Å². The smallest absolute Gasteiger partial charge is 0.232 e. The number of ketones is 1. The summed E-state index contributed by atoms with van der Waals surface area (Å²) in [5.41, 5.74) is 3.99. The number of rotatable bonds is 6. The van der Waals surface area contributed by atoms with Gasteiger partial charge in [0, 0.05) is 36.3 Å². The van der Waals surface area contributed by atoms with Gasteiger partial charge in [-0.25, -0.2) is 0 Å². The Morgan fingerprint density at radius 3 is 2.80 bits per heavy atom. The number of para-hydroxylation sites is 1. The van der Waals surface area contributed by atoms with E-state index in [9.17, 15) is 9.90 Å². The third-order valence-electron chi connectivity index (χ3n) is 5.76. The minimum absolute atomic E-state index is 0.132. The summed E-state index contributed by atoms with van der Waals surface area (Å²) < 4.78 is 8.14. The van der Waals surface area contributed by atoms with E-state index >= 15 is 0 Å². The van der Waals surface area contributed by atoms with Crippen LogP contribution in [0.25, 0.3) is 17.0 Å². The van der Waals surface area contributed by atoms with Crippen molar-refractivity contribution in [2.24, 2.45) is 7.05 Å². The number of fused-ring (bicyclic) bond motifs is 2. The summed E-state index contributed by atoms with van der Waals surface area (Å²) in [5.74, 6) is 0.835. The third-order valence-corrected chi connectivity index (χ3v) is 5.76. The average molecular weight is 405 g/mol. The number of ether oxygens (including phenoxy) is 1. The zero-order chi connectivity index (χ0) is 21.4. The van der Waals surface area contributed by atoms with Crippen molar-refractivity contribution in [1.29, 1.82) is 0 Å². The molecular formula is C25H28N2O3. The summed E-state index contributed by atoms with van der Waals surface area (Å²) in [6.45, 7) is 5.45. The molecule has 0 unspecified atom stereocenters. The van der Waals surface area contributed by atoms with Gasteiger partial charge >= 0.3 is 0 Å². The minimum atomic E-state index is -0.132. The summed E-state index contributed by atoms with van der Waals surface area (Å²) in [4.78, 5) is 15.3. The molecule has 0 amide bonds. The Kier molecular flexibility index (Phi) is 5.39. The lowest BCUT2D eigenvalue weighted by Crippen LogP contribution is -2.19. The minimum Gasteiger partial charge on any atom is -0.507 e. The maximum Gasteiger partial charge on any atom is 0.232 e. The topological polar surface area (TPSA) is 54.7 Å². The molecule has 0 saturated carbocycles. The molecule has 1 aromatic heterocycles. The number of unbranched alkanes of at least 4 members (excludes halogenated alkanes) is 1. The second-order valence-electron chi connectivity index (χ2n) is 8.14. The predicted octanol–water partition coefficient (Wildman–Crippen LogP) is 5.04. The number of aromatic hydroxyl groups is 1.